The standard InChI is InChI=1S/C13H18BrNO3S/c1-5-18-12(17)13(4,8(2)3)15-11(16)10-9(14)6-7-19-10/h6-8H,5H2,1-4H3,(H,15,16)/t13-/m1/s1. The maximum Gasteiger partial charge on any atom is 0.331 e. The van der Waals surface area contributed by atoms with Crippen LogP contribution in [0.25, 0.3) is 0 Å². The number of halogens is 1. The molecular weight excluding hydrogens is 330 g/mol. The summed E-state index contributed by atoms with van der Waals surface area (Å²) in [5.41, 5.74) is -1.03. The van der Waals surface area contributed by atoms with Gasteiger partial charge in [0.1, 0.15) is 10.4 Å². The summed E-state index contributed by atoms with van der Waals surface area (Å²) in [4.78, 5) is 24.8. The van der Waals surface area contributed by atoms with Crippen molar-refractivity contribution in [2.45, 2.75) is 33.2 Å². The van der Waals surface area contributed by atoms with E-state index >= 15 is 0 Å². The van der Waals surface area contributed by atoms with Crippen LogP contribution in [-0.4, -0.2) is 24.0 Å². The predicted octanol–water partition coefficient (Wildman–Crippen LogP) is 3.22. The van der Waals surface area contributed by atoms with Crippen LogP contribution in [0.5, 0.6) is 0 Å². The minimum atomic E-state index is -1.03. The molecule has 1 heterocycles. The minimum absolute atomic E-state index is 0.0748. The molecule has 0 aliphatic carbocycles. The summed E-state index contributed by atoms with van der Waals surface area (Å²) in [6.45, 7) is 7.48. The van der Waals surface area contributed by atoms with E-state index in [1.807, 2.05) is 19.2 Å². The van der Waals surface area contributed by atoms with Gasteiger partial charge in [-0.15, -0.1) is 11.3 Å². The Morgan fingerprint density at radius 3 is 2.58 bits per heavy atom. The van der Waals surface area contributed by atoms with Gasteiger partial charge in [0.2, 0.25) is 0 Å². The molecule has 0 saturated heterocycles. The molecule has 0 unspecified atom stereocenters. The zero-order valence-electron chi connectivity index (χ0n) is 11.5. The topological polar surface area (TPSA) is 55.4 Å². The number of hydrogen-bond donors (Lipinski definition) is 1. The highest BCUT2D eigenvalue weighted by molar-refractivity contribution is 9.10. The normalized spacial score (nSPS) is 14.0. The van der Waals surface area contributed by atoms with E-state index in [0.29, 0.717) is 11.5 Å². The summed E-state index contributed by atoms with van der Waals surface area (Å²) in [6.07, 6.45) is 0. The van der Waals surface area contributed by atoms with Crippen LogP contribution in [-0.2, 0) is 9.53 Å². The van der Waals surface area contributed by atoms with E-state index in [2.05, 4.69) is 21.2 Å². The van der Waals surface area contributed by atoms with Crippen LogP contribution in [0.3, 0.4) is 0 Å². The first kappa shape index (κ1) is 16.2. The van der Waals surface area contributed by atoms with Gasteiger partial charge in [0.05, 0.1) is 6.61 Å². The Morgan fingerprint density at radius 1 is 1.53 bits per heavy atom. The lowest BCUT2D eigenvalue weighted by molar-refractivity contribution is -0.152. The van der Waals surface area contributed by atoms with Gasteiger partial charge in [0.15, 0.2) is 0 Å². The van der Waals surface area contributed by atoms with Gasteiger partial charge >= 0.3 is 5.97 Å². The Balaban J connectivity index is 2.94. The van der Waals surface area contributed by atoms with Crippen LogP contribution >= 0.6 is 27.3 Å². The molecule has 0 fully saturated rings. The maximum atomic E-state index is 12.2. The van der Waals surface area contributed by atoms with Gasteiger partial charge in [-0.05, 0) is 47.1 Å². The molecule has 0 aromatic carbocycles. The zero-order chi connectivity index (χ0) is 14.6. The molecule has 4 nitrogen and oxygen atoms in total. The van der Waals surface area contributed by atoms with Crippen molar-refractivity contribution in [3.05, 3.63) is 20.8 Å². The van der Waals surface area contributed by atoms with Gasteiger partial charge in [-0.25, -0.2) is 4.79 Å². The SMILES string of the molecule is CCOC(=O)[C@](C)(NC(=O)c1sccc1Br)C(C)C. The van der Waals surface area contributed by atoms with Gasteiger partial charge in [-0.2, -0.15) is 0 Å². The molecule has 0 aliphatic rings. The lowest BCUT2D eigenvalue weighted by Gasteiger charge is -2.32. The Morgan fingerprint density at radius 2 is 2.16 bits per heavy atom. The number of rotatable bonds is 5. The van der Waals surface area contributed by atoms with Crippen LogP contribution in [0.4, 0.5) is 0 Å². The molecule has 1 aromatic heterocycles. The van der Waals surface area contributed by atoms with E-state index in [4.69, 9.17) is 4.74 Å². The van der Waals surface area contributed by atoms with Crippen molar-refractivity contribution in [2.24, 2.45) is 5.92 Å². The summed E-state index contributed by atoms with van der Waals surface area (Å²) in [7, 11) is 0. The first-order chi connectivity index (χ1) is 8.82. The lowest BCUT2D eigenvalue weighted by Crippen LogP contribution is -2.56. The average Bonchev–Trinajstić information content (AvgIpc) is 2.75. The van der Waals surface area contributed by atoms with Gasteiger partial charge in [-0.1, -0.05) is 13.8 Å². The molecule has 0 radical (unpaired) electrons. The van der Waals surface area contributed by atoms with Crippen molar-refractivity contribution in [1.82, 2.24) is 5.32 Å². The number of hydrogen-bond acceptors (Lipinski definition) is 4. The van der Waals surface area contributed by atoms with Crippen LogP contribution < -0.4 is 5.32 Å². The van der Waals surface area contributed by atoms with Gasteiger partial charge in [0.25, 0.3) is 5.91 Å². The summed E-state index contributed by atoms with van der Waals surface area (Å²) >= 11 is 4.64. The van der Waals surface area contributed by atoms with E-state index in [-0.39, 0.29) is 11.8 Å². The fourth-order valence-electron chi connectivity index (χ4n) is 1.46. The largest absolute Gasteiger partial charge is 0.464 e. The Bertz CT molecular complexity index is 472. The van der Waals surface area contributed by atoms with Crippen molar-refractivity contribution >= 4 is 39.1 Å². The number of esters is 1. The number of carbonyl (C=O) groups is 2. The Labute approximate surface area is 125 Å². The number of nitrogens with one attached hydrogen (secondary N) is 1. The Hall–Kier alpha value is -0.880. The fraction of sp³-hybridized carbons (Fsp3) is 0.538. The first-order valence-electron chi connectivity index (χ1n) is 6.05. The average molecular weight is 348 g/mol. The van der Waals surface area contributed by atoms with E-state index in [1.165, 1.54) is 11.3 Å². The maximum absolute atomic E-state index is 12.2. The number of carbonyl (C=O) groups excluding carboxylic acids is 2. The highest BCUT2D eigenvalue weighted by Crippen LogP contribution is 2.25. The molecule has 0 bridgehead atoms. The molecule has 106 valence electrons. The van der Waals surface area contributed by atoms with Crippen LogP contribution in [0.1, 0.15) is 37.4 Å². The molecule has 0 aliphatic heterocycles. The molecule has 1 rings (SSSR count). The van der Waals surface area contributed by atoms with E-state index in [9.17, 15) is 9.59 Å². The van der Waals surface area contributed by atoms with E-state index in [0.717, 1.165) is 4.47 Å². The monoisotopic (exact) mass is 347 g/mol. The van der Waals surface area contributed by atoms with Crippen molar-refractivity contribution in [3.8, 4) is 0 Å². The first-order valence-corrected chi connectivity index (χ1v) is 7.72. The summed E-state index contributed by atoms with van der Waals surface area (Å²) in [6, 6.07) is 1.80. The molecule has 1 aromatic rings. The molecule has 6 heteroatoms. The van der Waals surface area contributed by atoms with Crippen LogP contribution in [0.2, 0.25) is 0 Å². The summed E-state index contributed by atoms with van der Waals surface area (Å²) in [5.74, 6) is -0.758. The summed E-state index contributed by atoms with van der Waals surface area (Å²) in [5, 5.41) is 4.60. The van der Waals surface area contributed by atoms with Crippen molar-refractivity contribution in [3.63, 3.8) is 0 Å². The lowest BCUT2D eigenvalue weighted by atomic mass is 9.88. The van der Waals surface area contributed by atoms with Gasteiger partial charge < -0.3 is 10.1 Å². The fourth-order valence-corrected chi connectivity index (χ4v) is 2.91. The molecule has 1 atom stereocenters. The van der Waals surface area contributed by atoms with Crippen LogP contribution in [0.15, 0.2) is 15.9 Å². The van der Waals surface area contributed by atoms with Crippen LogP contribution in [0, 0.1) is 5.92 Å². The van der Waals surface area contributed by atoms with Crippen molar-refractivity contribution in [2.75, 3.05) is 6.61 Å². The Kier molecular flexibility index (Phi) is 5.55. The minimum Gasteiger partial charge on any atom is -0.464 e. The molecule has 0 saturated carbocycles. The molecular formula is C13H18BrNO3S. The number of thiophene rings is 1. The van der Waals surface area contributed by atoms with Gasteiger partial charge in [0, 0.05) is 4.47 Å². The second-order valence-electron chi connectivity index (χ2n) is 4.63. The number of ether oxygens (including phenoxy) is 1. The third kappa shape index (κ3) is 3.57. The second-order valence-corrected chi connectivity index (χ2v) is 6.40. The number of amides is 1. The van der Waals surface area contributed by atoms with E-state index < -0.39 is 11.5 Å². The second kappa shape index (κ2) is 6.52. The van der Waals surface area contributed by atoms with Crippen molar-refractivity contribution in [1.29, 1.82) is 0 Å². The molecule has 1 amide bonds. The molecule has 0 spiro atoms. The molecule has 19 heavy (non-hydrogen) atoms. The van der Waals surface area contributed by atoms with E-state index in [1.54, 1.807) is 19.9 Å². The highest BCUT2D eigenvalue weighted by atomic mass is 79.9. The van der Waals surface area contributed by atoms with Gasteiger partial charge in [-0.3, -0.25) is 4.79 Å². The molecule has 1 N–H and O–H groups in total. The summed E-state index contributed by atoms with van der Waals surface area (Å²) < 4.78 is 5.78. The smallest absolute Gasteiger partial charge is 0.331 e. The van der Waals surface area contributed by atoms with Crippen molar-refractivity contribution < 1.29 is 14.3 Å². The predicted molar refractivity (Wildman–Crippen MR) is 79.4 cm³/mol. The zero-order valence-corrected chi connectivity index (χ0v) is 13.9. The third-order valence-electron chi connectivity index (χ3n) is 3.05. The third-order valence-corrected chi connectivity index (χ3v) is 4.89. The quantitative estimate of drug-likeness (QED) is 0.832. The highest BCUT2D eigenvalue weighted by Gasteiger charge is 2.40.